The second-order valence-electron chi connectivity index (χ2n) is 6.87. The molecular formula is C20H23NO2S. The van der Waals surface area contributed by atoms with Crippen molar-refractivity contribution in [2.45, 2.75) is 50.7 Å². The SMILES string of the molecule is O=C(c1cc2c(s1)CCC2)N1CCCC1CC(O)c1ccccc1. The van der Waals surface area contributed by atoms with Gasteiger partial charge in [-0.25, -0.2) is 0 Å². The van der Waals surface area contributed by atoms with Gasteiger partial charge in [0.2, 0.25) is 0 Å². The van der Waals surface area contributed by atoms with Crippen molar-refractivity contribution >= 4 is 17.2 Å². The van der Waals surface area contributed by atoms with E-state index in [0.29, 0.717) is 6.42 Å². The van der Waals surface area contributed by atoms with E-state index in [4.69, 9.17) is 0 Å². The topological polar surface area (TPSA) is 40.5 Å². The van der Waals surface area contributed by atoms with Crippen LogP contribution in [0.25, 0.3) is 0 Å². The van der Waals surface area contributed by atoms with Crippen LogP contribution in [0.1, 0.15) is 57.5 Å². The molecule has 1 amide bonds. The van der Waals surface area contributed by atoms with Crippen LogP contribution in [0.5, 0.6) is 0 Å². The molecule has 1 saturated heterocycles. The predicted molar refractivity (Wildman–Crippen MR) is 96.4 cm³/mol. The van der Waals surface area contributed by atoms with Gasteiger partial charge in [-0.2, -0.15) is 0 Å². The maximum atomic E-state index is 12.9. The number of carbonyl (C=O) groups is 1. The number of nitrogens with zero attached hydrogens (tertiary/aromatic N) is 1. The number of fused-ring (bicyclic) bond motifs is 1. The molecule has 0 bridgehead atoms. The van der Waals surface area contributed by atoms with Crippen molar-refractivity contribution in [2.75, 3.05) is 6.54 Å². The molecule has 2 unspecified atom stereocenters. The largest absolute Gasteiger partial charge is 0.388 e. The second-order valence-corrected chi connectivity index (χ2v) is 8.01. The summed E-state index contributed by atoms with van der Waals surface area (Å²) in [6.45, 7) is 0.813. The van der Waals surface area contributed by atoms with Gasteiger partial charge in [0.1, 0.15) is 0 Å². The van der Waals surface area contributed by atoms with Crippen molar-refractivity contribution in [3.63, 3.8) is 0 Å². The van der Waals surface area contributed by atoms with E-state index in [1.54, 1.807) is 11.3 Å². The first-order chi connectivity index (χ1) is 11.7. The van der Waals surface area contributed by atoms with Crippen LogP contribution in [0.2, 0.25) is 0 Å². The maximum absolute atomic E-state index is 12.9. The number of amides is 1. The smallest absolute Gasteiger partial charge is 0.264 e. The molecule has 0 saturated carbocycles. The number of hydrogen-bond acceptors (Lipinski definition) is 3. The van der Waals surface area contributed by atoms with Gasteiger partial charge in [0.15, 0.2) is 0 Å². The average Bonchev–Trinajstić information content (AvgIpc) is 3.30. The van der Waals surface area contributed by atoms with Gasteiger partial charge in [0.25, 0.3) is 5.91 Å². The Morgan fingerprint density at radius 1 is 1.25 bits per heavy atom. The lowest BCUT2D eigenvalue weighted by atomic mass is 10.0. The molecule has 2 aromatic rings. The van der Waals surface area contributed by atoms with Crippen LogP contribution in [-0.4, -0.2) is 28.5 Å². The summed E-state index contributed by atoms with van der Waals surface area (Å²) in [6, 6.07) is 12.0. The van der Waals surface area contributed by atoms with E-state index >= 15 is 0 Å². The number of aryl methyl sites for hydroxylation is 2. The standard InChI is InChI=1S/C20H23NO2S/c22-17(14-6-2-1-3-7-14)13-16-9-5-11-21(16)20(23)19-12-15-8-4-10-18(15)24-19/h1-3,6-7,12,16-17,22H,4-5,8-11,13H2. The fourth-order valence-electron chi connectivity index (χ4n) is 3.99. The summed E-state index contributed by atoms with van der Waals surface area (Å²) < 4.78 is 0. The van der Waals surface area contributed by atoms with Gasteiger partial charge in [-0.3, -0.25) is 4.79 Å². The molecule has 126 valence electrons. The summed E-state index contributed by atoms with van der Waals surface area (Å²) in [5.74, 6) is 0.164. The molecule has 4 heteroatoms. The summed E-state index contributed by atoms with van der Waals surface area (Å²) in [6.07, 6.45) is 5.62. The van der Waals surface area contributed by atoms with Crippen LogP contribution in [0, 0.1) is 0 Å². The van der Waals surface area contributed by atoms with Crippen molar-refractivity contribution in [3.8, 4) is 0 Å². The first-order valence-corrected chi connectivity index (χ1v) is 9.69. The first-order valence-electron chi connectivity index (χ1n) is 8.88. The second kappa shape index (κ2) is 6.69. The van der Waals surface area contributed by atoms with Gasteiger partial charge in [-0.1, -0.05) is 30.3 Å². The predicted octanol–water partition coefficient (Wildman–Crippen LogP) is 3.97. The zero-order valence-corrected chi connectivity index (χ0v) is 14.6. The summed E-state index contributed by atoms with van der Waals surface area (Å²) in [5.41, 5.74) is 2.32. The van der Waals surface area contributed by atoms with Crippen LogP contribution in [0.15, 0.2) is 36.4 Å². The highest BCUT2D eigenvalue weighted by Gasteiger charge is 2.32. The Kier molecular flexibility index (Phi) is 4.42. The van der Waals surface area contributed by atoms with E-state index in [2.05, 4.69) is 6.07 Å². The highest BCUT2D eigenvalue weighted by molar-refractivity contribution is 7.14. The van der Waals surface area contributed by atoms with Crippen LogP contribution in [-0.2, 0) is 12.8 Å². The normalized spacial score (nSPS) is 21.0. The van der Waals surface area contributed by atoms with Crippen LogP contribution in [0.4, 0.5) is 0 Å². The highest BCUT2D eigenvalue weighted by atomic mass is 32.1. The number of aliphatic hydroxyl groups excluding tert-OH is 1. The molecule has 24 heavy (non-hydrogen) atoms. The maximum Gasteiger partial charge on any atom is 0.264 e. The number of aliphatic hydroxyl groups is 1. The fraction of sp³-hybridized carbons (Fsp3) is 0.450. The monoisotopic (exact) mass is 341 g/mol. The molecular weight excluding hydrogens is 318 g/mol. The van der Waals surface area contributed by atoms with E-state index in [9.17, 15) is 9.90 Å². The lowest BCUT2D eigenvalue weighted by molar-refractivity contribution is 0.0671. The Morgan fingerprint density at radius 3 is 2.88 bits per heavy atom. The fourth-order valence-corrected chi connectivity index (χ4v) is 5.20. The first kappa shape index (κ1) is 15.9. The molecule has 1 aromatic carbocycles. The molecule has 1 aliphatic heterocycles. The van der Waals surface area contributed by atoms with Crippen molar-refractivity contribution in [2.24, 2.45) is 0 Å². The Labute approximate surface area is 146 Å². The molecule has 3 nitrogen and oxygen atoms in total. The number of carbonyl (C=O) groups excluding carboxylic acids is 1. The summed E-state index contributed by atoms with van der Waals surface area (Å²) in [4.78, 5) is 17.2. The van der Waals surface area contributed by atoms with Gasteiger partial charge in [0, 0.05) is 17.5 Å². The molecule has 0 radical (unpaired) electrons. The van der Waals surface area contributed by atoms with Crippen molar-refractivity contribution in [1.82, 2.24) is 4.90 Å². The number of benzene rings is 1. The van der Waals surface area contributed by atoms with Gasteiger partial charge in [-0.05, 0) is 55.7 Å². The van der Waals surface area contributed by atoms with E-state index < -0.39 is 6.10 Å². The number of rotatable bonds is 4. The molecule has 1 fully saturated rings. The lowest BCUT2D eigenvalue weighted by Gasteiger charge is -2.26. The van der Waals surface area contributed by atoms with E-state index in [1.807, 2.05) is 35.2 Å². The van der Waals surface area contributed by atoms with Crippen LogP contribution < -0.4 is 0 Å². The van der Waals surface area contributed by atoms with Gasteiger partial charge >= 0.3 is 0 Å². The third kappa shape index (κ3) is 3.01. The van der Waals surface area contributed by atoms with Gasteiger partial charge in [0.05, 0.1) is 11.0 Å². The third-order valence-electron chi connectivity index (χ3n) is 5.28. The minimum absolute atomic E-state index is 0.143. The molecule has 1 N–H and O–H groups in total. The Morgan fingerprint density at radius 2 is 2.08 bits per heavy atom. The summed E-state index contributed by atoms with van der Waals surface area (Å²) in [5, 5.41) is 10.5. The molecule has 1 aliphatic carbocycles. The lowest BCUT2D eigenvalue weighted by Crippen LogP contribution is -2.36. The molecule has 0 spiro atoms. The zero-order valence-electron chi connectivity index (χ0n) is 13.8. The zero-order chi connectivity index (χ0) is 16.5. The third-order valence-corrected chi connectivity index (χ3v) is 6.50. The summed E-state index contributed by atoms with van der Waals surface area (Å²) in [7, 11) is 0. The molecule has 4 rings (SSSR count). The van der Waals surface area contributed by atoms with E-state index in [1.165, 1.54) is 16.9 Å². The van der Waals surface area contributed by atoms with Crippen molar-refractivity contribution in [1.29, 1.82) is 0 Å². The Bertz CT molecular complexity index is 703. The number of likely N-dealkylation sites (tertiary alicyclic amines) is 1. The van der Waals surface area contributed by atoms with Crippen LogP contribution in [0.3, 0.4) is 0 Å². The summed E-state index contributed by atoms with van der Waals surface area (Å²) >= 11 is 1.68. The Balaban J connectivity index is 1.47. The molecule has 2 atom stereocenters. The highest BCUT2D eigenvalue weighted by Crippen LogP contribution is 2.34. The average molecular weight is 341 g/mol. The number of hydrogen-bond donors (Lipinski definition) is 1. The van der Waals surface area contributed by atoms with Crippen molar-refractivity contribution in [3.05, 3.63) is 57.3 Å². The molecule has 2 heterocycles. The quantitative estimate of drug-likeness (QED) is 0.914. The van der Waals surface area contributed by atoms with E-state index in [0.717, 1.165) is 42.7 Å². The Hall–Kier alpha value is -1.65. The minimum Gasteiger partial charge on any atom is -0.388 e. The number of thiophene rings is 1. The van der Waals surface area contributed by atoms with Crippen LogP contribution >= 0.6 is 11.3 Å². The van der Waals surface area contributed by atoms with Gasteiger partial charge < -0.3 is 10.0 Å². The molecule has 1 aromatic heterocycles. The van der Waals surface area contributed by atoms with Gasteiger partial charge in [-0.15, -0.1) is 11.3 Å². The van der Waals surface area contributed by atoms with Crippen molar-refractivity contribution < 1.29 is 9.90 Å². The van der Waals surface area contributed by atoms with E-state index in [-0.39, 0.29) is 11.9 Å². The minimum atomic E-state index is -0.502. The molecule has 2 aliphatic rings.